The highest BCUT2D eigenvalue weighted by molar-refractivity contribution is 7.18. The molecule has 0 radical (unpaired) electrons. The highest BCUT2D eigenvalue weighted by atomic mass is 35.5. The summed E-state index contributed by atoms with van der Waals surface area (Å²) in [6.07, 6.45) is -0.914. The number of amides is 3. The van der Waals surface area contributed by atoms with Gasteiger partial charge in [0.2, 0.25) is 0 Å². The van der Waals surface area contributed by atoms with Gasteiger partial charge >= 0.3 is 12.2 Å². The standard InChI is InChI=1S/C23H28ClN3O5S/c1-23(2,3)32-22(30)27-13-7-10-16(25-20(28)17-11-12-18(24)33-17)19(27)26-21(29)31-14-15-8-5-4-6-9-15/h4-6,8-9,11-12,16,19H,7,10,13-14H2,1-3H3,(H,25,28)(H,26,29). The van der Waals surface area contributed by atoms with E-state index in [0.29, 0.717) is 28.6 Å². The Kier molecular flexibility index (Phi) is 8.20. The number of nitrogens with zero attached hydrogens (tertiary/aromatic N) is 1. The largest absolute Gasteiger partial charge is 0.445 e. The summed E-state index contributed by atoms with van der Waals surface area (Å²) in [6, 6.07) is 12.0. The summed E-state index contributed by atoms with van der Waals surface area (Å²) in [5, 5.41) is 5.66. The highest BCUT2D eigenvalue weighted by Crippen LogP contribution is 2.24. The average Bonchev–Trinajstić information content (AvgIpc) is 3.19. The zero-order valence-corrected chi connectivity index (χ0v) is 20.4. The van der Waals surface area contributed by atoms with Crippen LogP contribution in [0.25, 0.3) is 0 Å². The van der Waals surface area contributed by atoms with Gasteiger partial charge in [-0.25, -0.2) is 9.59 Å². The number of hydrogen-bond donors (Lipinski definition) is 2. The molecule has 33 heavy (non-hydrogen) atoms. The van der Waals surface area contributed by atoms with E-state index in [2.05, 4.69) is 10.6 Å². The average molecular weight is 494 g/mol. The fourth-order valence-corrected chi connectivity index (χ4v) is 4.36. The molecule has 2 atom stereocenters. The van der Waals surface area contributed by atoms with Crippen LogP contribution in [-0.4, -0.2) is 47.3 Å². The Morgan fingerprint density at radius 3 is 2.48 bits per heavy atom. The van der Waals surface area contributed by atoms with E-state index in [4.69, 9.17) is 21.1 Å². The van der Waals surface area contributed by atoms with Gasteiger partial charge in [0.05, 0.1) is 15.3 Å². The number of piperidine rings is 1. The lowest BCUT2D eigenvalue weighted by atomic mass is 10.0. The highest BCUT2D eigenvalue weighted by Gasteiger charge is 2.39. The van der Waals surface area contributed by atoms with Crippen LogP contribution in [0.3, 0.4) is 0 Å². The Bertz CT molecular complexity index is 976. The summed E-state index contributed by atoms with van der Waals surface area (Å²) in [5.74, 6) is -0.326. The van der Waals surface area contributed by atoms with E-state index in [1.54, 1.807) is 32.9 Å². The van der Waals surface area contributed by atoms with Crippen molar-refractivity contribution < 1.29 is 23.9 Å². The first-order valence-corrected chi connectivity index (χ1v) is 11.8. The van der Waals surface area contributed by atoms with Crippen molar-refractivity contribution in [1.82, 2.24) is 15.5 Å². The maximum absolute atomic E-state index is 12.9. The molecule has 0 spiro atoms. The van der Waals surface area contributed by atoms with Crippen molar-refractivity contribution in [2.75, 3.05) is 6.54 Å². The second-order valence-electron chi connectivity index (χ2n) is 8.65. The van der Waals surface area contributed by atoms with Crippen LogP contribution in [0.5, 0.6) is 0 Å². The van der Waals surface area contributed by atoms with Crippen LogP contribution in [-0.2, 0) is 16.1 Å². The molecule has 0 saturated carbocycles. The van der Waals surface area contributed by atoms with E-state index >= 15 is 0 Å². The van der Waals surface area contributed by atoms with E-state index in [-0.39, 0.29) is 12.5 Å². The lowest BCUT2D eigenvalue weighted by molar-refractivity contribution is -0.00127. The van der Waals surface area contributed by atoms with Crippen molar-refractivity contribution in [1.29, 1.82) is 0 Å². The number of benzene rings is 1. The van der Waals surface area contributed by atoms with Gasteiger partial charge in [0.15, 0.2) is 0 Å². The minimum absolute atomic E-state index is 0.0799. The fourth-order valence-electron chi connectivity index (χ4n) is 3.41. The number of rotatable bonds is 5. The molecule has 10 heteroatoms. The van der Waals surface area contributed by atoms with Crippen molar-refractivity contribution in [3.63, 3.8) is 0 Å². The first kappa shape index (κ1) is 24.9. The number of halogens is 1. The summed E-state index contributed by atoms with van der Waals surface area (Å²) < 4.78 is 11.4. The van der Waals surface area contributed by atoms with E-state index in [1.165, 1.54) is 4.90 Å². The van der Waals surface area contributed by atoms with Gasteiger partial charge in [0, 0.05) is 6.54 Å². The van der Waals surface area contributed by atoms with E-state index < -0.39 is 30.0 Å². The molecule has 1 fully saturated rings. The molecule has 8 nitrogen and oxygen atoms in total. The Balaban J connectivity index is 1.73. The SMILES string of the molecule is CC(C)(C)OC(=O)N1CCCC(NC(=O)c2ccc(Cl)s2)C1NC(=O)OCc1ccccc1. The van der Waals surface area contributed by atoms with Crippen molar-refractivity contribution in [2.45, 2.75) is 58.0 Å². The minimum Gasteiger partial charge on any atom is -0.445 e. The Morgan fingerprint density at radius 2 is 1.85 bits per heavy atom. The Hall–Kier alpha value is -2.78. The van der Waals surface area contributed by atoms with E-state index in [9.17, 15) is 14.4 Å². The molecule has 1 aromatic heterocycles. The predicted molar refractivity (Wildman–Crippen MR) is 126 cm³/mol. The molecule has 0 bridgehead atoms. The van der Waals surface area contributed by atoms with Crippen LogP contribution in [0.2, 0.25) is 4.34 Å². The molecule has 2 unspecified atom stereocenters. The molecule has 3 rings (SSSR count). The molecule has 0 aliphatic carbocycles. The Labute approximate surface area is 202 Å². The summed E-state index contributed by atoms with van der Waals surface area (Å²) in [6.45, 7) is 5.76. The van der Waals surface area contributed by atoms with Crippen LogP contribution in [0, 0.1) is 0 Å². The first-order chi connectivity index (χ1) is 15.6. The number of carbonyl (C=O) groups is 3. The van der Waals surface area contributed by atoms with Gasteiger partial charge in [-0.2, -0.15) is 0 Å². The monoisotopic (exact) mass is 493 g/mol. The second-order valence-corrected chi connectivity index (χ2v) is 10.4. The number of nitrogens with one attached hydrogen (secondary N) is 2. The summed E-state index contributed by atoms with van der Waals surface area (Å²) in [4.78, 5) is 40.1. The smallest absolute Gasteiger partial charge is 0.412 e. The fraction of sp³-hybridized carbons (Fsp3) is 0.435. The molecule has 2 aromatic rings. The number of hydrogen-bond acceptors (Lipinski definition) is 6. The predicted octanol–water partition coefficient (Wildman–Crippen LogP) is 4.78. The number of likely N-dealkylation sites (tertiary alicyclic amines) is 1. The third-order valence-corrected chi connectivity index (χ3v) is 6.08. The minimum atomic E-state index is -0.837. The molecule has 1 aliphatic heterocycles. The van der Waals surface area contributed by atoms with Gasteiger partial charge in [-0.05, 0) is 51.3 Å². The van der Waals surface area contributed by atoms with Crippen molar-refractivity contribution in [3.05, 3.63) is 57.2 Å². The van der Waals surface area contributed by atoms with Gasteiger partial charge in [0.25, 0.3) is 5.91 Å². The van der Waals surface area contributed by atoms with Crippen LogP contribution >= 0.6 is 22.9 Å². The number of alkyl carbamates (subject to hydrolysis) is 1. The molecule has 2 N–H and O–H groups in total. The number of ether oxygens (including phenoxy) is 2. The summed E-state index contributed by atoms with van der Waals surface area (Å²) in [5.41, 5.74) is 0.124. The van der Waals surface area contributed by atoms with Crippen LogP contribution in [0.1, 0.15) is 48.8 Å². The molecule has 3 amide bonds. The van der Waals surface area contributed by atoms with E-state index in [0.717, 1.165) is 16.9 Å². The number of thiophene rings is 1. The quantitative estimate of drug-likeness (QED) is 0.624. The second kappa shape index (κ2) is 10.9. The van der Waals surface area contributed by atoms with Gasteiger partial charge < -0.3 is 14.8 Å². The van der Waals surface area contributed by atoms with Gasteiger partial charge in [-0.1, -0.05) is 41.9 Å². The zero-order chi connectivity index (χ0) is 24.0. The molecule has 2 heterocycles. The van der Waals surface area contributed by atoms with Crippen molar-refractivity contribution in [2.24, 2.45) is 0 Å². The summed E-state index contributed by atoms with van der Waals surface area (Å²) in [7, 11) is 0. The lowest BCUT2D eigenvalue weighted by Gasteiger charge is -2.41. The van der Waals surface area contributed by atoms with Crippen LogP contribution in [0.15, 0.2) is 42.5 Å². The molecular weight excluding hydrogens is 466 g/mol. The molecule has 1 aromatic carbocycles. The van der Waals surface area contributed by atoms with Crippen molar-refractivity contribution >= 4 is 41.0 Å². The lowest BCUT2D eigenvalue weighted by Crippen LogP contribution is -2.64. The third-order valence-electron chi connectivity index (χ3n) is 4.85. The van der Waals surface area contributed by atoms with E-state index in [1.807, 2.05) is 30.3 Å². The van der Waals surface area contributed by atoms with Gasteiger partial charge in [-0.3, -0.25) is 15.0 Å². The third kappa shape index (κ3) is 7.36. The molecular formula is C23H28ClN3O5S. The maximum Gasteiger partial charge on any atom is 0.412 e. The molecule has 1 aliphatic rings. The number of carbonyl (C=O) groups excluding carboxylic acids is 3. The molecule has 178 valence electrons. The molecule has 1 saturated heterocycles. The maximum atomic E-state index is 12.9. The Morgan fingerprint density at radius 1 is 1.12 bits per heavy atom. The zero-order valence-electron chi connectivity index (χ0n) is 18.8. The van der Waals surface area contributed by atoms with Crippen molar-refractivity contribution in [3.8, 4) is 0 Å². The summed E-state index contributed by atoms with van der Waals surface area (Å²) >= 11 is 7.11. The van der Waals surface area contributed by atoms with Gasteiger partial charge in [-0.15, -0.1) is 11.3 Å². The normalized spacial score (nSPS) is 18.4. The van der Waals surface area contributed by atoms with Gasteiger partial charge in [0.1, 0.15) is 18.4 Å². The van der Waals surface area contributed by atoms with Crippen LogP contribution in [0.4, 0.5) is 9.59 Å². The topological polar surface area (TPSA) is 97.0 Å². The van der Waals surface area contributed by atoms with Crippen LogP contribution < -0.4 is 10.6 Å². The first-order valence-electron chi connectivity index (χ1n) is 10.7.